The summed E-state index contributed by atoms with van der Waals surface area (Å²) in [7, 11) is 0. The summed E-state index contributed by atoms with van der Waals surface area (Å²) in [4.78, 5) is 15.7. The molecule has 1 heterocycles. The Hall–Kier alpha value is -0.610. The normalized spacial score (nSPS) is 18.2. The molecule has 4 heteroatoms. The molecule has 0 spiro atoms. The summed E-state index contributed by atoms with van der Waals surface area (Å²) in [5.41, 5.74) is 0. The Kier molecular flexibility index (Phi) is 7.21. The van der Waals surface area contributed by atoms with Gasteiger partial charge in [0, 0.05) is 39.6 Å². The van der Waals surface area contributed by atoms with Crippen LogP contribution < -0.4 is 5.32 Å². The second-order valence-electron chi connectivity index (χ2n) is 4.82. The van der Waals surface area contributed by atoms with Gasteiger partial charge in [0.25, 0.3) is 0 Å². The average Bonchev–Trinajstić information content (AvgIpc) is 2.34. The van der Waals surface area contributed by atoms with Crippen LogP contribution in [0.25, 0.3) is 0 Å². The quantitative estimate of drug-likeness (QED) is 0.674. The van der Waals surface area contributed by atoms with E-state index in [4.69, 9.17) is 0 Å². The van der Waals surface area contributed by atoms with Crippen LogP contribution >= 0.6 is 0 Å². The zero-order valence-electron chi connectivity index (χ0n) is 11.4. The highest BCUT2D eigenvalue weighted by atomic mass is 16.1. The van der Waals surface area contributed by atoms with E-state index >= 15 is 0 Å². The zero-order chi connectivity index (χ0) is 12.5. The van der Waals surface area contributed by atoms with Gasteiger partial charge in [-0.25, -0.2) is 0 Å². The van der Waals surface area contributed by atoms with Crippen molar-refractivity contribution in [2.24, 2.45) is 0 Å². The summed E-state index contributed by atoms with van der Waals surface area (Å²) >= 11 is 0. The molecule has 1 aliphatic heterocycles. The molecule has 0 radical (unpaired) electrons. The first-order valence-corrected chi connectivity index (χ1v) is 6.91. The van der Waals surface area contributed by atoms with Crippen LogP contribution in [0.1, 0.15) is 33.1 Å². The predicted octanol–water partition coefficient (Wildman–Crippen LogP) is 0.930. The largest absolute Gasteiger partial charge is 0.356 e. The van der Waals surface area contributed by atoms with E-state index in [1.165, 1.54) is 52.1 Å². The molecule has 1 saturated heterocycles. The summed E-state index contributed by atoms with van der Waals surface area (Å²) in [6, 6.07) is 0. The highest BCUT2D eigenvalue weighted by Crippen LogP contribution is 2.04. The number of unbranched alkanes of at least 4 members (excludes halogenated alkanes) is 2. The second-order valence-corrected chi connectivity index (χ2v) is 4.82. The lowest BCUT2D eigenvalue weighted by molar-refractivity contribution is -0.118. The minimum Gasteiger partial charge on any atom is -0.356 e. The lowest BCUT2D eigenvalue weighted by atomic mass is 10.2. The number of carbonyl (C=O) groups is 1. The van der Waals surface area contributed by atoms with E-state index in [0.29, 0.717) is 0 Å². The first kappa shape index (κ1) is 14.5. The minimum absolute atomic E-state index is 0.0840. The van der Waals surface area contributed by atoms with Gasteiger partial charge >= 0.3 is 0 Å². The van der Waals surface area contributed by atoms with E-state index in [1.807, 2.05) is 0 Å². The lowest BCUT2D eigenvalue weighted by Gasteiger charge is -2.33. The molecule has 1 amide bonds. The van der Waals surface area contributed by atoms with Gasteiger partial charge in [0.15, 0.2) is 0 Å². The van der Waals surface area contributed by atoms with Gasteiger partial charge in [-0.05, 0) is 25.9 Å². The van der Waals surface area contributed by atoms with Crippen molar-refractivity contribution < 1.29 is 4.79 Å². The molecule has 0 saturated carbocycles. The SMILES string of the molecule is CCN1CCN(CCCCCNC(C)=O)CC1. The molecule has 0 bridgehead atoms. The first-order valence-electron chi connectivity index (χ1n) is 6.91. The van der Waals surface area contributed by atoms with Crippen molar-refractivity contribution in [1.82, 2.24) is 15.1 Å². The maximum atomic E-state index is 10.7. The monoisotopic (exact) mass is 241 g/mol. The van der Waals surface area contributed by atoms with Gasteiger partial charge in [0.1, 0.15) is 0 Å². The predicted molar refractivity (Wildman–Crippen MR) is 71.1 cm³/mol. The van der Waals surface area contributed by atoms with Gasteiger partial charge in [-0.15, -0.1) is 0 Å². The van der Waals surface area contributed by atoms with Gasteiger partial charge in [-0.3, -0.25) is 4.79 Å². The third-order valence-corrected chi connectivity index (χ3v) is 3.44. The van der Waals surface area contributed by atoms with E-state index in [1.54, 1.807) is 6.92 Å². The van der Waals surface area contributed by atoms with Crippen LogP contribution in [0.5, 0.6) is 0 Å². The number of rotatable bonds is 7. The van der Waals surface area contributed by atoms with Crippen molar-refractivity contribution in [2.75, 3.05) is 45.8 Å². The number of nitrogens with one attached hydrogen (secondary N) is 1. The van der Waals surface area contributed by atoms with Crippen LogP contribution in [-0.2, 0) is 4.79 Å². The maximum absolute atomic E-state index is 10.7. The van der Waals surface area contributed by atoms with Crippen molar-refractivity contribution in [3.8, 4) is 0 Å². The van der Waals surface area contributed by atoms with E-state index < -0.39 is 0 Å². The van der Waals surface area contributed by atoms with E-state index in [-0.39, 0.29) is 5.91 Å². The Morgan fingerprint density at radius 2 is 1.71 bits per heavy atom. The van der Waals surface area contributed by atoms with E-state index in [9.17, 15) is 4.79 Å². The summed E-state index contributed by atoms with van der Waals surface area (Å²) in [6.07, 6.45) is 3.58. The zero-order valence-corrected chi connectivity index (χ0v) is 11.4. The summed E-state index contributed by atoms with van der Waals surface area (Å²) in [5.74, 6) is 0.0840. The third kappa shape index (κ3) is 6.64. The van der Waals surface area contributed by atoms with Crippen LogP contribution in [0.3, 0.4) is 0 Å². The van der Waals surface area contributed by atoms with Crippen molar-refractivity contribution in [3.63, 3.8) is 0 Å². The number of hydrogen-bond donors (Lipinski definition) is 1. The van der Waals surface area contributed by atoms with Gasteiger partial charge in [0.05, 0.1) is 0 Å². The Morgan fingerprint density at radius 1 is 1.06 bits per heavy atom. The van der Waals surface area contributed by atoms with Crippen molar-refractivity contribution >= 4 is 5.91 Å². The molecule has 0 unspecified atom stereocenters. The summed E-state index contributed by atoms with van der Waals surface area (Å²) in [6.45, 7) is 11.9. The fourth-order valence-corrected chi connectivity index (χ4v) is 2.23. The number of nitrogens with zero attached hydrogens (tertiary/aromatic N) is 2. The molecule has 0 atom stereocenters. The molecule has 100 valence electrons. The molecular formula is C13H27N3O. The molecular weight excluding hydrogens is 214 g/mol. The van der Waals surface area contributed by atoms with Gasteiger partial charge in [-0.2, -0.15) is 0 Å². The molecule has 0 aromatic carbocycles. The molecule has 0 aliphatic carbocycles. The fourth-order valence-electron chi connectivity index (χ4n) is 2.23. The van der Waals surface area contributed by atoms with Crippen molar-refractivity contribution in [1.29, 1.82) is 0 Å². The third-order valence-electron chi connectivity index (χ3n) is 3.44. The lowest BCUT2D eigenvalue weighted by Crippen LogP contribution is -2.46. The topological polar surface area (TPSA) is 35.6 Å². The Bertz CT molecular complexity index is 213. The van der Waals surface area contributed by atoms with Crippen molar-refractivity contribution in [3.05, 3.63) is 0 Å². The molecule has 0 aromatic heterocycles. The number of carbonyl (C=O) groups excluding carboxylic acids is 1. The number of hydrogen-bond acceptors (Lipinski definition) is 3. The van der Waals surface area contributed by atoms with E-state index in [2.05, 4.69) is 22.0 Å². The van der Waals surface area contributed by atoms with Crippen LogP contribution in [0.4, 0.5) is 0 Å². The Morgan fingerprint density at radius 3 is 2.29 bits per heavy atom. The summed E-state index contributed by atoms with van der Waals surface area (Å²) < 4.78 is 0. The first-order chi connectivity index (χ1) is 8.22. The molecule has 17 heavy (non-hydrogen) atoms. The maximum Gasteiger partial charge on any atom is 0.216 e. The Labute approximate surface area is 105 Å². The molecule has 4 nitrogen and oxygen atoms in total. The standard InChI is InChI=1S/C13H27N3O/c1-3-15-9-11-16(12-10-15)8-6-4-5-7-14-13(2)17/h3-12H2,1-2H3,(H,14,17). The molecule has 1 rings (SSSR count). The van der Waals surface area contributed by atoms with Gasteiger partial charge in [-0.1, -0.05) is 13.3 Å². The highest BCUT2D eigenvalue weighted by Gasteiger charge is 2.14. The molecule has 1 fully saturated rings. The second kappa shape index (κ2) is 8.48. The summed E-state index contributed by atoms with van der Waals surface area (Å²) in [5, 5.41) is 2.84. The van der Waals surface area contributed by atoms with Crippen LogP contribution in [0.2, 0.25) is 0 Å². The van der Waals surface area contributed by atoms with Gasteiger partial charge < -0.3 is 15.1 Å². The average molecular weight is 241 g/mol. The molecule has 0 aromatic rings. The number of amides is 1. The van der Waals surface area contributed by atoms with Gasteiger partial charge in [0.2, 0.25) is 5.91 Å². The van der Waals surface area contributed by atoms with Crippen molar-refractivity contribution in [2.45, 2.75) is 33.1 Å². The highest BCUT2D eigenvalue weighted by molar-refractivity contribution is 5.72. The minimum atomic E-state index is 0.0840. The van der Waals surface area contributed by atoms with Crippen LogP contribution in [-0.4, -0.2) is 61.5 Å². The number of likely N-dealkylation sites (N-methyl/N-ethyl adjacent to an activating group) is 1. The number of piperazine rings is 1. The molecule has 1 N–H and O–H groups in total. The Balaban J connectivity index is 1.91. The fraction of sp³-hybridized carbons (Fsp3) is 0.923. The van der Waals surface area contributed by atoms with E-state index in [0.717, 1.165) is 13.0 Å². The smallest absolute Gasteiger partial charge is 0.216 e. The molecule has 1 aliphatic rings. The van der Waals surface area contributed by atoms with Crippen LogP contribution in [0.15, 0.2) is 0 Å². The van der Waals surface area contributed by atoms with Crippen LogP contribution in [0, 0.1) is 0 Å².